The van der Waals surface area contributed by atoms with Crippen LogP contribution in [0.5, 0.6) is 0 Å². The Morgan fingerprint density at radius 3 is 2.45 bits per heavy atom. The number of alkyl carbamates (subject to hydrolysis) is 1. The molecule has 0 aliphatic carbocycles. The van der Waals surface area contributed by atoms with Crippen molar-refractivity contribution in [3.05, 3.63) is 42.0 Å². The molecule has 5 heteroatoms. The Kier molecular flexibility index (Phi) is 6.63. The van der Waals surface area contributed by atoms with E-state index in [2.05, 4.69) is 5.32 Å². The molecule has 0 spiro atoms. The summed E-state index contributed by atoms with van der Waals surface area (Å²) < 4.78 is 5.15. The lowest BCUT2D eigenvalue weighted by Crippen LogP contribution is -2.40. The zero-order valence-electron chi connectivity index (χ0n) is 13.2. The zero-order chi connectivity index (χ0) is 16.6. The topological polar surface area (TPSA) is 75.6 Å². The van der Waals surface area contributed by atoms with Crippen molar-refractivity contribution in [1.82, 2.24) is 5.32 Å². The van der Waals surface area contributed by atoms with E-state index in [0.717, 1.165) is 5.56 Å². The van der Waals surface area contributed by atoms with Crippen LogP contribution in [0.1, 0.15) is 39.2 Å². The van der Waals surface area contributed by atoms with Crippen molar-refractivity contribution >= 4 is 18.1 Å². The van der Waals surface area contributed by atoms with Crippen LogP contribution >= 0.6 is 0 Å². The highest BCUT2D eigenvalue weighted by Gasteiger charge is 2.20. The third-order valence-electron chi connectivity index (χ3n) is 2.67. The average molecular weight is 305 g/mol. The van der Waals surface area contributed by atoms with Gasteiger partial charge in [0.2, 0.25) is 0 Å². The summed E-state index contributed by atoms with van der Waals surface area (Å²) in [5.74, 6) is -0.964. The smallest absolute Gasteiger partial charge is 0.407 e. The molecule has 1 atom stereocenters. The van der Waals surface area contributed by atoms with Crippen molar-refractivity contribution in [1.29, 1.82) is 0 Å². The van der Waals surface area contributed by atoms with E-state index >= 15 is 0 Å². The second-order valence-corrected chi connectivity index (χ2v) is 5.99. The molecule has 0 bridgehead atoms. The summed E-state index contributed by atoms with van der Waals surface area (Å²) in [6.45, 7) is 5.27. The van der Waals surface area contributed by atoms with E-state index in [1.807, 2.05) is 42.5 Å². The van der Waals surface area contributed by atoms with Crippen LogP contribution in [0.25, 0.3) is 6.08 Å². The number of carboxylic acid groups (broad SMARTS) is 1. The summed E-state index contributed by atoms with van der Waals surface area (Å²) >= 11 is 0. The van der Waals surface area contributed by atoms with Crippen molar-refractivity contribution in [2.24, 2.45) is 0 Å². The van der Waals surface area contributed by atoms with Crippen LogP contribution in [0, 0.1) is 0 Å². The van der Waals surface area contributed by atoms with E-state index < -0.39 is 23.7 Å². The van der Waals surface area contributed by atoms with Gasteiger partial charge < -0.3 is 15.2 Å². The molecule has 22 heavy (non-hydrogen) atoms. The molecule has 5 nitrogen and oxygen atoms in total. The predicted octanol–water partition coefficient (Wildman–Crippen LogP) is 3.46. The number of hydrogen-bond donors (Lipinski definition) is 2. The van der Waals surface area contributed by atoms with Crippen molar-refractivity contribution < 1.29 is 19.4 Å². The molecule has 0 fully saturated rings. The number of carboxylic acids is 1. The number of benzene rings is 1. The van der Waals surface area contributed by atoms with Gasteiger partial charge in [-0.3, -0.25) is 4.79 Å². The number of amides is 1. The molecule has 1 amide bonds. The van der Waals surface area contributed by atoms with Gasteiger partial charge in [-0.25, -0.2) is 4.79 Å². The largest absolute Gasteiger partial charge is 0.481 e. The molecule has 120 valence electrons. The van der Waals surface area contributed by atoms with Crippen molar-refractivity contribution in [2.45, 2.75) is 45.3 Å². The molecular weight excluding hydrogens is 282 g/mol. The van der Waals surface area contributed by atoms with Gasteiger partial charge in [0.15, 0.2) is 0 Å². The van der Waals surface area contributed by atoms with Crippen LogP contribution in [0.15, 0.2) is 36.4 Å². The maximum atomic E-state index is 11.7. The minimum atomic E-state index is -0.964. The van der Waals surface area contributed by atoms with Gasteiger partial charge in [-0.15, -0.1) is 0 Å². The Bertz CT molecular complexity index is 517. The second kappa shape index (κ2) is 8.22. The molecule has 0 aliphatic heterocycles. The second-order valence-electron chi connectivity index (χ2n) is 5.99. The zero-order valence-corrected chi connectivity index (χ0v) is 13.2. The van der Waals surface area contributed by atoms with Gasteiger partial charge in [-0.1, -0.05) is 42.5 Å². The number of nitrogens with one attached hydrogen (secondary N) is 1. The van der Waals surface area contributed by atoms with Crippen LogP contribution in [-0.2, 0) is 9.53 Å². The first kappa shape index (κ1) is 17.8. The lowest BCUT2D eigenvalue weighted by molar-refractivity contribution is -0.137. The minimum Gasteiger partial charge on any atom is -0.481 e. The fourth-order valence-electron chi connectivity index (χ4n) is 1.81. The Morgan fingerprint density at radius 2 is 1.91 bits per heavy atom. The quantitative estimate of drug-likeness (QED) is 0.844. The third kappa shape index (κ3) is 8.09. The standard InChI is InChI=1S/C17H23NO4/c1-17(2,3)22-16(21)18-14(12-15(19)20)11-7-10-13-8-5-4-6-9-13/h4-10,14H,11-12H2,1-3H3,(H,18,21)(H,19,20)/b10-7-/t14-/m1/s1. The molecule has 0 saturated carbocycles. The van der Waals surface area contributed by atoms with E-state index in [4.69, 9.17) is 9.84 Å². The first-order valence-corrected chi connectivity index (χ1v) is 7.19. The molecule has 0 radical (unpaired) electrons. The van der Waals surface area contributed by atoms with Gasteiger partial charge >= 0.3 is 12.1 Å². The van der Waals surface area contributed by atoms with Crippen LogP contribution < -0.4 is 5.32 Å². The van der Waals surface area contributed by atoms with E-state index in [1.165, 1.54) is 0 Å². The van der Waals surface area contributed by atoms with Gasteiger partial charge in [0.1, 0.15) is 5.60 Å². The maximum absolute atomic E-state index is 11.7. The van der Waals surface area contributed by atoms with E-state index in [9.17, 15) is 9.59 Å². The summed E-state index contributed by atoms with van der Waals surface area (Å²) in [5.41, 5.74) is 0.409. The maximum Gasteiger partial charge on any atom is 0.407 e. The number of hydrogen-bond acceptors (Lipinski definition) is 3. The highest BCUT2D eigenvalue weighted by molar-refractivity contribution is 5.71. The molecule has 1 aromatic carbocycles. The number of ether oxygens (including phenoxy) is 1. The fourth-order valence-corrected chi connectivity index (χ4v) is 1.81. The van der Waals surface area contributed by atoms with E-state index in [0.29, 0.717) is 6.42 Å². The summed E-state index contributed by atoms with van der Waals surface area (Å²) in [6, 6.07) is 9.16. The Morgan fingerprint density at radius 1 is 1.27 bits per heavy atom. The summed E-state index contributed by atoms with van der Waals surface area (Å²) in [4.78, 5) is 22.6. The molecule has 1 aromatic rings. The first-order chi connectivity index (χ1) is 10.3. The molecule has 0 aromatic heterocycles. The first-order valence-electron chi connectivity index (χ1n) is 7.19. The van der Waals surface area contributed by atoms with Crippen LogP contribution in [-0.4, -0.2) is 28.8 Å². The highest BCUT2D eigenvalue weighted by atomic mass is 16.6. The van der Waals surface area contributed by atoms with Gasteiger partial charge in [-0.05, 0) is 32.8 Å². The number of rotatable bonds is 6. The molecule has 2 N–H and O–H groups in total. The van der Waals surface area contributed by atoms with Gasteiger partial charge in [0.05, 0.1) is 6.42 Å². The lowest BCUT2D eigenvalue weighted by atomic mass is 10.1. The summed E-state index contributed by atoms with van der Waals surface area (Å²) in [6.07, 6.45) is 3.40. The monoisotopic (exact) mass is 305 g/mol. The molecule has 0 saturated heterocycles. The number of carbonyl (C=O) groups is 2. The van der Waals surface area contributed by atoms with Gasteiger partial charge in [-0.2, -0.15) is 0 Å². The SMILES string of the molecule is CC(C)(C)OC(=O)N[C@H](C/C=C\c1ccccc1)CC(=O)O. The lowest BCUT2D eigenvalue weighted by Gasteiger charge is -2.22. The highest BCUT2D eigenvalue weighted by Crippen LogP contribution is 2.09. The van der Waals surface area contributed by atoms with Crippen LogP contribution in [0.2, 0.25) is 0 Å². The molecule has 1 rings (SSSR count). The minimum absolute atomic E-state index is 0.154. The van der Waals surface area contributed by atoms with E-state index in [-0.39, 0.29) is 6.42 Å². The molecular formula is C17H23NO4. The van der Waals surface area contributed by atoms with E-state index in [1.54, 1.807) is 20.8 Å². The average Bonchev–Trinajstić information content (AvgIpc) is 2.36. The Balaban J connectivity index is 2.59. The Labute approximate surface area is 131 Å². The van der Waals surface area contributed by atoms with Gasteiger partial charge in [0.25, 0.3) is 0 Å². The molecule has 0 heterocycles. The van der Waals surface area contributed by atoms with Crippen LogP contribution in [0.3, 0.4) is 0 Å². The molecule has 0 aliphatic rings. The van der Waals surface area contributed by atoms with Crippen LogP contribution in [0.4, 0.5) is 4.79 Å². The summed E-state index contributed by atoms with van der Waals surface area (Å²) in [7, 11) is 0. The number of aliphatic carboxylic acids is 1. The van der Waals surface area contributed by atoms with Crippen molar-refractivity contribution in [2.75, 3.05) is 0 Å². The number of carbonyl (C=O) groups excluding carboxylic acids is 1. The molecule has 0 unspecified atom stereocenters. The van der Waals surface area contributed by atoms with Gasteiger partial charge in [0, 0.05) is 6.04 Å². The Hall–Kier alpha value is -2.30. The normalized spacial score (nSPS) is 12.9. The predicted molar refractivity (Wildman–Crippen MR) is 85.5 cm³/mol. The van der Waals surface area contributed by atoms with Crippen molar-refractivity contribution in [3.63, 3.8) is 0 Å². The summed E-state index contributed by atoms with van der Waals surface area (Å²) in [5, 5.41) is 11.5. The van der Waals surface area contributed by atoms with Crippen molar-refractivity contribution in [3.8, 4) is 0 Å². The fraction of sp³-hybridized carbons (Fsp3) is 0.412. The third-order valence-corrected chi connectivity index (χ3v) is 2.67.